The van der Waals surface area contributed by atoms with E-state index < -0.39 is 0 Å². The third-order valence-electron chi connectivity index (χ3n) is 4.05. The van der Waals surface area contributed by atoms with Crippen LogP contribution in [-0.2, 0) is 6.54 Å². The van der Waals surface area contributed by atoms with Crippen molar-refractivity contribution in [3.8, 4) is 0 Å². The van der Waals surface area contributed by atoms with Crippen molar-refractivity contribution < 1.29 is 0 Å². The Kier molecular flexibility index (Phi) is 5.37. The zero-order valence-electron chi connectivity index (χ0n) is 15.7. The number of aromatic nitrogens is 2. The van der Waals surface area contributed by atoms with Gasteiger partial charge in [-0.05, 0) is 43.7 Å². The van der Waals surface area contributed by atoms with Crippen LogP contribution in [0.1, 0.15) is 17.0 Å². The van der Waals surface area contributed by atoms with Crippen LogP contribution in [0.25, 0.3) is 0 Å². The van der Waals surface area contributed by atoms with E-state index in [9.17, 15) is 0 Å². The lowest BCUT2D eigenvalue weighted by Gasteiger charge is -2.14. The molecule has 0 radical (unpaired) electrons. The standard InChI is InChI=1S/C21H25N5/c1-15-6-5-7-17(12-15)14-22-20-13-21(24-16(2)23-20)25-18-8-10-19(11-9-18)26(3)4/h5-13H,14H2,1-4H3,(H2,22,23,24,25). The Balaban J connectivity index is 1.70. The minimum Gasteiger partial charge on any atom is -0.378 e. The molecule has 3 rings (SSSR count). The highest BCUT2D eigenvalue weighted by Crippen LogP contribution is 2.21. The van der Waals surface area contributed by atoms with Crippen LogP contribution in [0.15, 0.2) is 54.6 Å². The van der Waals surface area contributed by atoms with Crippen molar-refractivity contribution >= 4 is 23.0 Å². The maximum absolute atomic E-state index is 4.48. The first-order chi connectivity index (χ1) is 12.5. The number of hydrogen-bond donors (Lipinski definition) is 2. The highest BCUT2D eigenvalue weighted by atomic mass is 15.1. The quantitative estimate of drug-likeness (QED) is 0.687. The zero-order chi connectivity index (χ0) is 18.5. The Labute approximate surface area is 155 Å². The molecule has 0 unspecified atom stereocenters. The SMILES string of the molecule is Cc1cccc(CNc2cc(Nc3ccc(N(C)C)cc3)nc(C)n2)c1. The summed E-state index contributed by atoms with van der Waals surface area (Å²) in [5.41, 5.74) is 4.65. The number of benzene rings is 2. The summed E-state index contributed by atoms with van der Waals surface area (Å²) in [4.78, 5) is 11.0. The van der Waals surface area contributed by atoms with Crippen LogP contribution in [0.2, 0.25) is 0 Å². The van der Waals surface area contributed by atoms with E-state index in [1.807, 2.05) is 39.2 Å². The minimum absolute atomic E-state index is 0.728. The Hall–Kier alpha value is -3.08. The molecule has 134 valence electrons. The van der Waals surface area contributed by atoms with E-state index in [4.69, 9.17) is 0 Å². The van der Waals surface area contributed by atoms with Crippen molar-refractivity contribution in [3.05, 3.63) is 71.5 Å². The summed E-state index contributed by atoms with van der Waals surface area (Å²) in [6, 6.07) is 18.6. The second-order valence-electron chi connectivity index (χ2n) is 6.59. The molecule has 2 N–H and O–H groups in total. The molecule has 0 amide bonds. The predicted molar refractivity (Wildman–Crippen MR) is 109 cm³/mol. The molecule has 5 heteroatoms. The Morgan fingerprint density at radius 1 is 0.885 bits per heavy atom. The van der Waals surface area contributed by atoms with Gasteiger partial charge in [-0.3, -0.25) is 0 Å². The predicted octanol–water partition coefficient (Wildman–Crippen LogP) is 4.52. The molecule has 0 saturated heterocycles. The van der Waals surface area contributed by atoms with Crippen LogP contribution in [0, 0.1) is 13.8 Å². The summed E-state index contributed by atoms with van der Waals surface area (Å²) >= 11 is 0. The summed E-state index contributed by atoms with van der Waals surface area (Å²) < 4.78 is 0. The number of hydrogen-bond acceptors (Lipinski definition) is 5. The van der Waals surface area contributed by atoms with E-state index in [2.05, 4.69) is 68.8 Å². The van der Waals surface area contributed by atoms with Crippen molar-refractivity contribution in [2.45, 2.75) is 20.4 Å². The van der Waals surface area contributed by atoms with Gasteiger partial charge >= 0.3 is 0 Å². The molecular formula is C21H25N5. The Morgan fingerprint density at radius 3 is 2.31 bits per heavy atom. The Morgan fingerprint density at radius 2 is 1.62 bits per heavy atom. The molecule has 0 aliphatic rings. The maximum Gasteiger partial charge on any atom is 0.136 e. The summed E-state index contributed by atoms with van der Waals surface area (Å²) in [7, 11) is 4.06. The van der Waals surface area contributed by atoms with E-state index in [1.54, 1.807) is 0 Å². The van der Waals surface area contributed by atoms with Gasteiger partial charge in [-0.1, -0.05) is 29.8 Å². The molecule has 0 aliphatic carbocycles. The molecule has 0 spiro atoms. The van der Waals surface area contributed by atoms with Gasteiger partial charge in [-0.2, -0.15) is 0 Å². The highest BCUT2D eigenvalue weighted by Gasteiger charge is 2.04. The first kappa shape index (κ1) is 17.7. The van der Waals surface area contributed by atoms with E-state index in [0.717, 1.165) is 35.4 Å². The summed E-state index contributed by atoms with van der Waals surface area (Å²) in [5, 5.41) is 6.73. The van der Waals surface area contributed by atoms with Crippen LogP contribution >= 0.6 is 0 Å². The zero-order valence-corrected chi connectivity index (χ0v) is 15.7. The van der Waals surface area contributed by atoms with E-state index >= 15 is 0 Å². The lowest BCUT2D eigenvalue weighted by molar-refractivity contribution is 1.02. The summed E-state index contributed by atoms with van der Waals surface area (Å²) in [6.45, 7) is 4.73. The molecule has 1 aromatic heterocycles. The fourth-order valence-electron chi connectivity index (χ4n) is 2.73. The van der Waals surface area contributed by atoms with Crippen LogP contribution in [0.3, 0.4) is 0 Å². The molecule has 26 heavy (non-hydrogen) atoms. The van der Waals surface area contributed by atoms with Crippen molar-refractivity contribution in [2.24, 2.45) is 0 Å². The van der Waals surface area contributed by atoms with Crippen LogP contribution in [0.5, 0.6) is 0 Å². The third kappa shape index (κ3) is 4.72. The molecule has 0 saturated carbocycles. The average Bonchev–Trinajstić information content (AvgIpc) is 2.60. The van der Waals surface area contributed by atoms with Gasteiger partial charge in [0.2, 0.25) is 0 Å². The summed E-state index contributed by atoms with van der Waals surface area (Å²) in [5.74, 6) is 2.32. The lowest BCUT2D eigenvalue weighted by Crippen LogP contribution is -2.08. The monoisotopic (exact) mass is 347 g/mol. The van der Waals surface area contributed by atoms with Crippen molar-refractivity contribution in [3.63, 3.8) is 0 Å². The second-order valence-corrected chi connectivity index (χ2v) is 6.59. The van der Waals surface area contributed by atoms with Crippen molar-refractivity contribution in [1.82, 2.24) is 9.97 Å². The van der Waals surface area contributed by atoms with Crippen LogP contribution < -0.4 is 15.5 Å². The normalized spacial score (nSPS) is 10.5. The third-order valence-corrected chi connectivity index (χ3v) is 4.05. The highest BCUT2D eigenvalue weighted by molar-refractivity contribution is 5.62. The number of rotatable bonds is 6. The lowest BCUT2D eigenvalue weighted by atomic mass is 10.1. The molecule has 0 aliphatic heterocycles. The fraction of sp³-hybridized carbons (Fsp3) is 0.238. The van der Waals surface area contributed by atoms with Gasteiger partial charge in [-0.15, -0.1) is 0 Å². The van der Waals surface area contributed by atoms with Crippen molar-refractivity contribution in [1.29, 1.82) is 0 Å². The number of nitrogens with zero attached hydrogens (tertiary/aromatic N) is 3. The average molecular weight is 347 g/mol. The smallest absolute Gasteiger partial charge is 0.136 e. The first-order valence-electron chi connectivity index (χ1n) is 8.69. The van der Waals surface area contributed by atoms with Gasteiger partial charge in [0, 0.05) is 38.1 Å². The fourth-order valence-corrected chi connectivity index (χ4v) is 2.73. The van der Waals surface area contributed by atoms with Gasteiger partial charge in [0.1, 0.15) is 17.5 Å². The van der Waals surface area contributed by atoms with Crippen LogP contribution in [-0.4, -0.2) is 24.1 Å². The van der Waals surface area contributed by atoms with Gasteiger partial charge < -0.3 is 15.5 Å². The van der Waals surface area contributed by atoms with Crippen LogP contribution in [0.4, 0.5) is 23.0 Å². The van der Waals surface area contributed by atoms with E-state index in [-0.39, 0.29) is 0 Å². The topological polar surface area (TPSA) is 53.1 Å². The molecule has 3 aromatic rings. The van der Waals surface area contributed by atoms with Gasteiger partial charge in [0.05, 0.1) is 0 Å². The maximum atomic E-state index is 4.48. The molecule has 1 heterocycles. The van der Waals surface area contributed by atoms with Gasteiger partial charge in [-0.25, -0.2) is 9.97 Å². The molecule has 5 nitrogen and oxygen atoms in total. The molecule has 0 bridgehead atoms. The molecule has 2 aromatic carbocycles. The first-order valence-corrected chi connectivity index (χ1v) is 8.69. The number of nitrogens with one attached hydrogen (secondary N) is 2. The number of anilines is 4. The minimum atomic E-state index is 0.728. The largest absolute Gasteiger partial charge is 0.378 e. The van der Waals surface area contributed by atoms with Crippen molar-refractivity contribution in [2.75, 3.05) is 29.6 Å². The van der Waals surface area contributed by atoms with Gasteiger partial charge in [0.15, 0.2) is 0 Å². The molecule has 0 atom stereocenters. The Bertz CT molecular complexity index is 872. The number of aryl methyl sites for hydroxylation is 2. The molecule has 0 fully saturated rings. The second kappa shape index (κ2) is 7.87. The van der Waals surface area contributed by atoms with Gasteiger partial charge in [0.25, 0.3) is 0 Å². The van der Waals surface area contributed by atoms with E-state index in [0.29, 0.717) is 0 Å². The van der Waals surface area contributed by atoms with E-state index in [1.165, 1.54) is 11.1 Å². The summed E-state index contributed by atoms with van der Waals surface area (Å²) in [6.07, 6.45) is 0. The molecular weight excluding hydrogens is 322 g/mol.